The second-order valence-corrected chi connectivity index (χ2v) is 5.11. The van der Waals surface area contributed by atoms with E-state index in [4.69, 9.17) is 0 Å². The third kappa shape index (κ3) is 1.95. The van der Waals surface area contributed by atoms with Crippen LogP contribution in [0.2, 0.25) is 0 Å². The highest BCUT2D eigenvalue weighted by molar-refractivity contribution is 6.05. The lowest BCUT2D eigenvalue weighted by Crippen LogP contribution is -2.36. The summed E-state index contributed by atoms with van der Waals surface area (Å²) >= 11 is 0. The Kier molecular flexibility index (Phi) is 2.90. The van der Waals surface area contributed by atoms with Gasteiger partial charge < -0.3 is 9.47 Å². The van der Waals surface area contributed by atoms with Crippen LogP contribution in [0.25, 0.3) is 0 Å². The number of rotatable bonds is 1. The van der Waals surface area contributed by atoms with Gasteiger partial charge in [-0.3, -0.25) is 4.79 Å². The highest BCUT2D eigenvalue weighted by atomic mass is 16.2. The molecule has 98 valence electrons. The van der Waals surface area contributed by atoms with E-state index in [9.17, 15) is 4.79 Å². The van der Waals surface area contributed by atoms with E-state index in [0.717, 1.165) is 36.5 Å². The van der Waals surface area contributed by atoms with Gasteiger partial charge in [-0.1, -0.05) is 18.2 Å². The van der Waals surface area contributed by atoms with Crippen LogP contribution < -0.4 is 4.90 Å². The number of hydrogen-bond donors (Lipinski definition) is 0. The minimum atomic E-state index is 0.0998. The monoisotopic (exact) mass is 254 g/mol. The van der Waals surface area contributed by atoms with Crippen molar-refractivity contribution >= 4 is 11.6 Å². The van der Waals surface area contributed by atoms with Gasteiger partial charge in [0.2, 0.25) is 0 Å². The van der Waals surface area contributed by atoms with Gasteiger partial charge in [0.1, 0.15) is 5.69 Å². The molecule has 0 N–H and O–H groups in total. The molecule has 0 spiro atoms. The SMILES string of the molecule is Cc1ccc(C(=O)N2CCCc3ccccc32)n1C. The van der Waals surface area contributed by atoms with Crippen LogP contribution >= 0.6 is 0 Å². The zero-order valence-electron chi connectivity index (χ0n) is 11.4. The maximum atomic E-state index is 12.7. The number of nitrogens with zero attached hydrogens (tertiary/aromatic N) is 2. The maximum Gasteiger partial charge on any atom is 0.274 e. The molecule has 1 aromatic heterocycles. The van der Waals surface area contributed by atoms with Gasteiger partial charge >= 0.3 is 0 Å². The van der Waals surface area contributed by atoms with Crippen molar-refractivity contribution in [3.8, 4) is 0 Å². The largest absolute Gasteiger partial charge is 0.344 e. The second-order valence-electron chi connectivity index (χ2n) is 5.11. The molecule has 3 rings (SSSR count). The average molecular weight is 254 g/mol. The summed E-state index contributed by atoms with van der Waals surface area (Å²) in [5.41, 5.74) is 4.20. The van der Waals surface area contributed by atoms with E-state index < -0.39 is 0 Å². The van der Waals surface area contributed by atoms with E-state index in [0.29, 0.717) is 0 Å². The van der Waals surface area contributed by atoms with Gasteiger partial charge in [0.15, 0.2) is 0 Å². The van der Waals surface area contributed by atoms with Gasteiger partial charge in [0.05, 0.1) is 0 Å². The van der Waals surface area contributed by atoms with Crippen LogP contribution in [0.5, 0.6) is 0 Å². The standard InChI is InChI=1S/C16H18N2O/c1-12-9-10-15(17(12)2)16(19)18-11-5-7-13-6-3-4-8-14(13)18/h3-4,6,8-10H,5,7,11H2,1-2H3. The summed E-state index contributed by atoms with van der Waals surface area (Å²) in [6.45, 7) is 2.82. The van der Waals surface area contributed by atoms with Gasteiger partial charge in [-0.25, -0.2) is 0 Å². The quantitative estimate of drug-likeness (QED) is 0.768. The normalized spacial score (nSPS) is 14.3. The minimum absolute atomic E-state index is 0.0998. The predicted octanol–water partition coefficient (Wildman–Crippen LogP) is 2.93. The Morgan fingerprint density at radius 1 is 1.16 bits per heavy atom. The predicted molar refractivity (Wildman–Crippen MR) is 76.6 cm³/mol. The molecule has 1 aromatic carbocycles. The molecular weight excluding hydrogens is 236 g/mol. The lowest BCUT2D eigenvalue weighted by molar-refractivity contribution is 0.0977. The first-order chi connectivity index (χ1) is 9.18. The molecule has 0 unspecified atom stereocenters. The first-order valence-corrected chi connectivity index (χ1v) is 6.70. The Hall–Kier alpha value is -2.03. The van der Waals surface area contributed by atoms with Crippen LogP contribution in [0.1, 0.15) is 28.2 Å². The van der Waals surface area contributed by atoms with Gasteiger partial charge in [0.25, 0.3) is 5.91 Å². The zero-order valence-corrected chi connectivity index (χ0v) is 11.4. The van der Waals surface area contributed by atoms with Crippen LogP contribution in [0.15, 0.2) is 36.4 Å². The third-order valence-electron chi connectivity index (χ3n) is 3.95. The maximum absolute atomic E-state index is 12.7. The molecule has 1 amide bonds. The molecule has 1 aliphatic heterocycles. The van der Waals surface area contributed by atoms with Crippen molar-refractivity contribution in [2.45, 2.75) is 19.8 Å². The number of aromatic nitrogens is 1. The fraction of sp³-hybridized carbons (Fsp3) is 0.312. The van der Waals surface area contributed by atoms with Crippen LogP contribution in [-0.2, 0) is 13.5 Å². The molecule has 0 radical (unpaired) electrons. The van der Waals surface area contributed by atoms with Crippen molar-refractivity contribution < 1.29 is 4.79 Å². The highest BCUT2D eigenvalue weighted by Crippen LogP contribution is 2.28. The van der Waals surface area contributed by atoms with E-state index in [1.165, 1.54) is 5.56 Å². The van der Waals surface area contributed by atoms with E-state index in [1.54, 1.807) is 0 Å². The van der Waals surface area contributed by atoms with E-state index >= 15 is 0 Å². The molecule has 3 nitrogen and oxygen atoms in total. The van der Waals surface area contributed by atoms with Crippen molar-refractivity contribution in [3.63, 3.8) is 0 Å². The number of carbonyl (C=O) groups excluding carboxylic acids is 1. The van der Waals surface area contributed by atoms with Crippen molar-refractivity contribution in [2.24, 2.45) is 7.05 Å². The van der Waals surface area contributed by atoms with Crippen molar-refractivity contribution in [2.75, 3.05) is 11.4 Å². The van der Waals surface area contributed by atoms with E-state index in [1.807, 2.05) is 53.8 Å². The number of aryl methyl sites for hydroxylation is 2. The molecule has 0 saturated heterocycles. The molecule has 0 aliphatic carbocycles. The van der Waals surface area contributed by atoms with Crippen LogP contribution in [-0.4, -0.2) is 17.0 Å². The molecule has 2 heterocycles. The molecular formula is C16H18N2O. The van der Waals surface area contributed by atoms with Crippen LogP contribution in [0.4, 0.5) is 5.69 Å². The Labute approximate surface area is 113 Å². The number of amides is 1. The fourth-order valence-electron chi connectivity index (χ4n) is 2.71. The zero-order chi connectivity index (χ0) is 13.4. The summed E-state index contributed by atoms with van der Waals surface area (Å²) in [5.74, 6) is 0.0998. The molecule has 0 bridgehead atoms. The van der Waals surface area contributed by atoms with Gasteiger partial charge in [0, 0.05) is 25.0 Å². The number of carbonyl (C=O) groups is 1. The van der Waals surface area contributed by atoms with Gasteiger partial charge in [-0.05, 0) is 43.5 Å². The Morgan fingerprint density at radius 3 is 2.68 bits per heavy atom. The summed E-state index contributed by atoms with van der Waals surface area (Å²) in [5, 5.41) is 0. The summed E-state index contributed by atoms with van der Waals surface area (Å²) in [4.78, 5) is 14.6. The number of anilines is 1. The molecule has 19 heavy (non-hydrogen) atoms. The number of hydrogen-bond acceptors (Lipinski definition) is 1. The summed E-state index contributed by atoms with van der Waals surface area (Å²) in [6.07, 6.45) is 2.10. The van der Waals surface area contributed by atoms with E-state index in [2.05, 4.69) is 6.07 Å². The average Bonchev–Trinajstić information content (AvgIpc) is 2.78. The highest BCUT2D eigenvalue weighted by Gasteiger charge is 2.24. The number of fused-ring (bicyclic) bond motifs is 1. The third-order valence-corrected chi connectivity index (χ3v) is 3.95. The number of benzene rings is 1. The summed E-state index contributed by atoms with van der Waals surface area (Å²) in [6, 6.07) is 12.1. The first-order valence-electron chi connectivity index (χ1n) is 6.70. The molecule has 1 aliphatic rings. The van der Waals surface area contributed by atoms with Crippen LogP contribution in [0, 0.1) is 6.92 Å². The summed E-state index contributed by atoms with van der Waals surface area (Å²) in [7, 11) is 1.94. The molecule has 2 aromatic rings. The Balaban J connectivity index is 2.00. The first kappa shape index (κ1) is 12.0. The molecule has 0 atom stereocenters. The van der Waals surface area contributed by atoms with Crippen LogP contribution in [0.3, 0.4) is 0 Å². The topological polar surface area (TPSA) is 25.2 Å². The molecule has 0 fully saturated rings. The molecule has 3 heteroatoms. The number of para-hydroxylation sites is 1. The summed E-state index contributed by atoms with van der Waals surface area (Å²) < 4.78 is 1.96. The van der Waals surface area contributed by atoms with Gasteiger partial charge in [-0.15, -0.1) is 0 Å². The van der Waals surface area contributed by atoms with Gasteiger partial charge in [-0.2, -0.15) is 0 Å². The lowest BCUT2D eigenvalue weighted by Gasteiger charge is -2.29. The fourth-order valence-corrected chi connectivity index (χ4v) is 2.71. The smallest absolute Gasteiger partial charge is 0.274 e. The Bertz CT molecular complexity index is 627. The van der Waals surface area contributed by atoms with Crippen molar-refractivity contribution in [3.05, 3.63) is 53.3 Å². The van der Waals surface area contributed by atoms with Crippen molar-refractivity contribution in [1.29, 1.82) is 0 Å². The van der Waals surface area contributed by atoms with Crippen molar-refractivity contribution in [1.82, 2.24) is 4.57 Å². The van der Waals surface area contributed by atoms with E-state index in [-0.39, 0.29) is 5.91 Å². The Morgan fingerprint density at radius 2 is 1.95 bits per heavy atom. The lowest BCUT2D eigenvalue weighted by atomic mass is 10.0. The molecule has 0 saturated carbocycles. The minimum Gasteiger partial charge on any atom is -0.344 e. The second kappa shape index (κ2) is 4.57.